The van der Waals surface area contributed by atoms with E-state index in [4.69, 9.17) is 0 Å². The molecule has 0 aliphatic carbocycles. The predicted octanol–water partition coefficient (Wildman–Crippen LogP) is -0.196. The topological polar surface area (TPSA) is 35.2 Å². The highest BCUT2D eigenvalue weighted by molar-refractivity contribution is 3.68. The van der Waals surface area contributed by atoms with Gasteiger partial charge in [0.05, 0.1) is 0 Å². The molecule has 0 saturated carbocycles. The van der Waals surface area contributed by atoms with Crippen LogP contribution in [0.5, 0.6) is 0 Å². The van der Waals surface area contributed by atoms with Crippen LogP contribution in [0.4, 0.5) is 4.39 Å². The minimum atomic E-state index is -0.903. The molecule has 0 bridgehead atoms. The average Bonchev–Trinajstić information content (AvgIpc) is 1.37. The summed E-state index contributed by atoms with van der Waals surface area (Å²) < 4.78 is 10.4. The van der Waals surface area contributed by atoms with Crippen molar-refractivity contribution in [2.75, 3.05) is 6.86 Å². The van der Waals surface area contributed by atoms with Crippen molar-refractivity contribution in [3.05, 3.63) is 0 Å². The van der Waals surface area contributed by atoms with Crippen LogP contribution >= 0.6 is 0 Å². The van der Waals surface area contributed by atoms with Gasteiger partial charge in [0.15, 0.2) is 0 Å². The summed E-state index contributed by atoms with van der Waals surface area (Å²) in [6, 6.07) is 0. The van der Waals surface area contributed by atoms with E-state index in [0.717, 1.165) is 0 Å². The van der Waals surface area contributed by atoms with Gasteiger partial charge in [0.25, 0.3) is 0 Å². The summed E-state index contributed by atoms with van der Waals surface area (Å²) in [5, 5.41) is 0. The zero-order chi connectivity index (χ0) is 3.41. The lowest BCUT2D eigenvalue weighted by atomic mass is 11.6. The van der Waals surface area contributed by atoms with E-state index in [2.05, 4.69) is 10.7 Å². The zero-order valence-electron chi connectivity index (χ0n) is 2.07. The fourth-order valence-electron chi connectivity index (χ4n) is 0. The third-order valence-electron chi connectivity index (χ3n) is 0.0630. The molecule has 0 atom stereocenters. The second-order valence-electron chi connectivity index (χ2n) is 0.276. The normalized spacial score (nSPS) is 7.50. The van der Waals surface area contributed by atoms with E-state index < -0.39 is 6.86 Å². The van der Waals surface area contributed by atoms with Crippen molar-refractivity contribution in [3.8, 4) is 0 Å². The summed E-state index contributed by atoms with van der Waals surface area (Å²) in [4.78, 5) is 3.38. The van der Waals surface area contributed by atoms with E-state index in [1.807, 2.05) is 0 Å². The second-order valence-corrected chi connectivity index (χ2v) is 0.276. The molecule has 0 fully saturated rings. The molecule has 0 aliphatic rings. The molecule has 2 N–H and O–H groups in total. The van der Waals surface area contributed by atoms with Gasteiger partial charge < -0.3 is 0 Å². The van der Waals surface area contributed by atoms with Crippen LogP contribution in [-0.2, 0) is 4.84 Å². The van der Waals surface area contributed by atoms with Gasteiger partial charge in [-0.05, 0) is 0 Å². The van der Waals surface area contributed by atoms with Crippen LogP contribution in [0.15, 0.2) is 0 Å². The quantitative estimate of drug-likeness (QED) is 0.429. The lowest BCUT2D eigenvalue weighted by Crippen LogP contribution is -1.93. The summed E-state index contributed by atoms with van der Waals surface area (Å²) in [6.07, 6.45) is 0. The van der Waals surface area contributed by atoms with Gasteiger partial charge in [-0.15, -0.1) is 0 Å². The van der Waals surface area contributed by atoms with Crippen molar-refractivity contribution in [1.29, 1.82) is 0 Å². The first-order valence-corrected chi connectivity index (χ1v) is 0.792. The zero-order valence-corrected chi connectivity index (χ0v) is 2.07. The number of hydrogen-bond donors (Lipinski definition) is 1. The van der Waals surface area contributed by atoms with Crippen molar-refractivity contribution in [2.45, 2.75) is 0 Å². The van der Waals surface area contributed by atoms with Gasteiger partial charge in [-0.25, -0.2) is 10.3 Å². The summed E-state index contributed by atoms with van der Waals surface area (Å²) in [7, 11) is 0. The average molecular weight is 65.0 g/mol. The van der Waals surface area contributed by atoms with Gasteiger partial charge in [-0.2, -0.15) is 0 Å². The molecule has 0 aromatic carbocycles. The first-order valence-electron chi connectivity index (χ1n) is 0.792. The summed E-state index contributed by atoms with van der Waals surface area (Å²) in [5.74, 6) is 4.15. The number of alkyl halides is 1. The second kappa shape index (κ2) is 2.85. The Kier molecular flexibility index (Phi) is 2.74. The molecular weight excluding hydrogens is 61.0 g/mol. The van der Waals surface area contributed by atoms with Gasteiger partial charge in [0.1, 0.15) is 0 Å². The third kappa shape index (κ3) is 1.85. The minimum Gasteiger partial charge on any atom is -0.271 e. The predicted molar refractivity (Wildman–Crippen MR) is 11.2 cm³/mol. The molecule has 0 aromatic rings. The van der Waals surface area contributed by atoms with Crippen molar-refractivity contribution >= 4 is 0 Å². The Bertz CT molecular complexity index is 10.0. The van der Waals surface area contributed by atoms with E-state index in [9.17, 15) is 4.39 Å². The van der Waals surface area contributed by atoms with E-state index in [0.29, 0.717) is 0 Å². The first kappa shape index (κ1) is 3.85. The van der Waals surface area contributed by atoms with Crippen molar-refractivity contribution in [3.63, 3.8) is 0 Å². The van der Waals surface area contributed by atoms with Crippen LogP contribution in [0.2, 0.25) is 0 Å². The van der Waals surface area contributed by atoms with E-state index in [-0.39, 0.29) is 0 Å². The maximum absolute atomic E-state index is 10.4. The van der Waals surface area contributed by atoms with Crippen LogP contribution in [0.25, 0.3) is 0 Å². The minimum absolute atomic E-state index is 0.903. The van der Waals surface area contributed by atoms with Crippen LogP contribution < -0.4 is 5.90 Å². The van der Waals surface area contributed by atoms with Gasteiger partial charge in [0.2, 0.25) is 6.86 Å². The number of halogens is 1. The van der Waals surface area contributed by atoms with E-state index >= 15 is 0 Å². The van der Waals surface area contributed by atoms with Crippen molar-refractivity contribution in [1.82, 2.24) is 0 Å². The number of hydrogen-bond acceptors (Lipinski definition) is 2. The molecule has 3 heteroatoms. The fourth-order valence-corrected chi connectivity index (χ4v) is 0. The molecule has 2 nitrogen and oxygen atoms in total. The Morgan fingerprint density at radius 2 is 2.25 bits per heavy atom. The highest BCUT2D eigenvalue weighted by Crippen LogP contribution is 1.53. The van der Waals surface area contributed by atoms with Gasteiger partial charge in [-0.3, -0.25) is 4.84 Å². The molecule has 0 aliphatic heterocycles. The number of rotatable bonds is 1. The highest BCUT2D eigenvalue weighted by atomic mass is 19.1. The standard InChI is InChI=1S/CH4FNO/c2-1-4-3/h1,3H2. The molecule has 0 radical (unpaired) electrons. The molecule has 4 heavy (non-hydrogen) atoms. The molecule has 0 spiro atoms. The summed E-state index contributed by atoms with van der Waals surface area (Å²) >= 11 is 0. The maximum atomic E-state index is 10.4. The molecule has 0 aromatic heterocycles. The Labute approximate surface area is 23.3 Å². The largest absolute Gasteiger partial charge is 0.271 e. The maximum Gasteiger partial charge on any atom is 0.207 e. The van der Waals surface area contributed by atoms with E-state index in [1.165, 1.54) is 0 Å². The van der Waals surface area contributed by atoms with Crippen molar-refractivity contribution < 1.29 is 9.23 Å². The lowest BCUT2D eigenvalue weighted by Gasteiger charge is -1.72. The molecule has 0 saturated heterocycles. The van der Waals surface area contributed by atoms with Crippen LogP contribution in [-0.4, -0.2) is 6.86 Å². The van der Waals surface area contributed by atoms with Crippen molar-refractivity contribution in [2.24, 2.45) is 5.90 Å². The van der Waals surface area contributed by atoms with Gasteiger partial charge in [-0.1, -0.05) is 0 Å². The Morgan fingerprint density at radius 3 is 2.25 bits per heavy atom. The molecule has 0 amide bonds. The molecule has 26 valence electrons. The molecule has 0 heterocycles. The Balaban J connectivity index is 1.97. The smallest absolute Gasteiger partial charge is 0.207 e. The lowest BCUT2D eigenvalue weighted by molar-refractivity contribution is 0.0583. The van der Waals surface area contributed by atoms with Crippen LogP contribution in [0.1, 0.15) is 0 Å². The highest BCUT2D eigenvalue weighted by Gasteiger charge is 1.56. The van der Waals surface area contributed by atoms with Crippen LogP contribution in [0, 0.1) is 0 Å². The Hall–Kier alpha value is -0.150. The Morgan fingerprint density at radius 1 is 2.00 bits per heavy atom. The molecular formula is CH4FNO. The molecule has 0 unspecified atom stereocenters. The summed E-state index contributed by atoms with van der Waals surface area (Å²) in [6.45, 7) is -0.903. The summed E-state index contributed by atoms with van der Waals surface area (Å²) in [5.41, 5.74) is 0. The van der Waals surface area contributed by atoms with E-state index in [1.54, 1.807) is 0 Å². The molecule has 0 rings (SSSR count). The van der Waals surface area contributed by atoms with Gasteiger partial charge in [0, 0.05) is 0 Å². The number of nitrogens with two attached hydrogens (primary N) is 1. The first-order chi connectivity index (χ1) is 1.91. The van der Waals surface area contributed by atoms with Crippen LogP contribution in [0.3, 0.4) is 0 Å². The van der Waals surface area contributed by atoms with Gasteiger partial charge >= 0.3 is 0 Å². The monoisotopic (exact) mass is 65.0 g/mol. The third-order valence-corrected chi connectivity index (χ3v) is 0.0630. The SMILES string of the molecule is NOCF. The fraction of sp³-hybridized carbons (Fsp3) is 1.00.